The van der Waals surface area contributed by atoms with Gasteiger partial charge < -0.3 is 9.80 Å². The van der Waals surface area contributed by atoms with Crippen LogP contribution in [0.4, 0.5) is 19.0 Å². The Morgan fingerprint density at radius 2 is 1.70 bits per heavy atom. The highest BCUT2D eigenvalue weighted by Crippen LogP contribution is 2.34. The van der Waals surface area contributed by atoms with E-state index in [-0.39, 0.29) is 52.5 Å². The third kappa shape index (κ3) is 4.81. The van der Waals surface area contributed by atoms with Gasteiger partial charge in [-0.2, -0.15) is 13.2 Å². The van der Waals surface area contributed by atoms with Crippen LogP contribution in [0.5, 0.6) is 0 Å². The van der Waals surface area contributed by atoms with Crippen molar-refractivity contribution in [1.29, 1.82) is 0 Å². The van der Waals surface area contributed by atoms with Crippen molar-refractivity contribution < 1.29 is 26.4 Å². The van der Waals surface area contributed by atoms with E-state index in [2.05, 4.69) is 4.98 Å². The Morgan fingerprint density at radius 3 is 2.23 bits per heavy atom. The second kappa shape index (κ2) is 8.24. The van der Waals surface area contributed by atoms with Crippen LogP contribution in [0.3, 0.4) is 0 Å². The molecule has 1 aromatic carbocycles. The van der Waals surface area contributed by atoms with E-state index in [9.17, 15) is 26.4 Å². The first-order chi connectivity index (χ1) is 13.9. The van der Waals surface area contributed by atoms with Gasteiger partial charge in [0.05, 0.1) is 26.1 Å². The largest absolute Gasteiger partial charge is 0.417 e. The lowest BCUT2D eigenvalue weighted by molar-refractivity contribution is -0.137. The molecule has 0 aliphatic carbocycles. The molecule has 0 spiro atoms. The standard InChI is InChI=1S/C18H16Cl2F3N3O3S/c1-30(28,29)12-2-3-14(19)13(9-12)17(27)26-6-4-25(5-7-26)16-15(20)8-11(10-24-16)18(21,22)23/h2-3,8-10H,4-7H2,1H3. The quantitative estimate of drug-likeness (QED) is 0.667. The molecule has 0 radical (unpaired) electrons. The molecule has 1 saturated heterocycles. The molecule has 1 aliphatic rings. The molecule has 1 aromatic heterocycles. The highest BCUT2D eigenvalue weighted by atomic mass is 35.5. The Balaban J connectivity index is 1.74. The van der Waals surface area contributed by atoms with Gasteiger partial charge >= 0.3 is 6.18 Å². The van der Waals surface area contributed by atoms with Gasteiger partial charge in [0.15, 0.2) is 9.84 Å². The minimum absolute atomic E-state index is 0.0189. The number of amides is 1. The fraction of sp³-hybridized carbons (Fsp3) is 0.333. The van der Waals surface area contributed by atoms with Crippen molar-refractivity contribution in [2.24, 2.45) is 0 Å². The van der Waals surface area contributed by atoms with Crippen LogP contribution < -0.4 is 4.90 Å². The van der Waals surface area contributed by atoms with Crippen LogP contribution >= 0.6 is 23.2 Å². The third-order valence-electron chi connectivity index (χ3n) is 4.61. The van der Waals surface area contributed by atoms with Gasteiger partial charge in [-0.3, -0.25) is 4.79 Å². The van der Waals surface area contributed by atoms with Crippen LogP contribution in [0.25, 0.3) is 0 Å². The van der Waals surface area contributed by atoms with E-state index in [1.165, 1.54) is 23.1 Å². The number of carbonyl (C=O) groups is 1. The van der Waals surface area contributed by atoms with Gasteiger partial charge in [-0.05, 0) is 24.3 Å². The molecule has 2 heterocycles. The van der Waals surface area contributed by atoms with Crippen molar-refractivity contribution in [2.75, 3.05) is 37.3 Å². The predicted octanol–water partition coefficient (Wildman–Crippen LogP) is 3.77. The third-order valence-corrected chi connectivity index (χ3v) is 6.33. The summed E-state index contributed by atoms with van der Waals surface area (Å²) in [5, 5.41) is -0.00391. The molecular weight excluding hydrogens is 466 g/mol. The Morgan fingerprint density at radius 1 is 1.07 bits per heavy atom. The van der Waals surface area contributed by atoms with Gasteiger partial charge in [-0.15, -0.1) is 0 Å². The summed E-state index contributed by atoms with van der Waals surface area (Å²) in [4.78, 5) is 19.8. The number of sulfone groups is 1. The van der Waals surface area contributed by atoms with Gasteiger partial charge in [0, 0.05) is 38.6 Å². The molecule has 0 unspecified atom stereocenters. The lowest BCUT2D eigenvalue weighted by atomic mass is 10.1. The maximum Gasteiger partial charge on any atom is 0.417 e. The molecular formula is C18H16Cl2F3N3O3S. The number of aromatic nitrogens is 1. The topological polar surface area (TPSA) is 70.6 Å². The summed E-state index contributed by atoms with van der Waals surface area (Å²) >= 11 is 12.1. The number of anilines is 1. The molecule has 1 amide bonds. The average molecular weight is 482 g/mol. The molecule has 0 atom stereocenters. The van der Waals surface area contributed by atoms with Crippen LogP contribution in [0.15, 0.2) is 35.4 Å². The fourth-order valence-corrected chi connectivity index (χ4v) is 4.14. The Bertz CT molecular complexity index is 1090. The molecule has 162 valence electrons. The van der Waals surface area contributed by atoms with Gasteiger partial charge in [0.25, 0.3) is 5.91 Å². The van der Waals surface area contributed by atoms with Crippen molar-refractivity contribution >= 4 is 44.8 Å². The maximum absolute atomic E-state index is 12.8. The first-order valence-corrected chi connectivity index (χ1v) is 11.3. The number of pyridine rings is 1. The van der Waals surface area contributed by atoms with E-state index in [0.717, 1.165) is 18.5 Å². The zero-order valence-electron chi connectivity index (χ0n) is 15.6. The minimum Gasteiger partial charge on any atom is -0.352 e. The Kier molecular flexibility index (Phi) is 6.22. The van der Waals surface area contributed by atoms with E-state index in [1.807, 2.05) is 0 Å². The lowest BCUT2D eigenvalue weighted by Gasteiger charge is -2.36. The van der Waals surface area contributed by atoms with Crippen LogP contribution in [-0.4, -0.2) is 56.6 Å². The van der Waals surface area contributed by atoms with E-state index < -0.39 is 27.5 Å². The average Bonchev–Trinajstić information content (AvgIpc) is 2.66. The summed E-state index contributed by atoms with van der Waals surface area (Å²) in [5.41, 5.74) is -0.871. The molecule has 0 saturated carbocycles. The van der Waals surface area contributed by atoms with Crippen molar-refractivity contribution in [3.63, 3.8) is 0 Å². The van der Waals surface area contributed by atoms with E-state index >= 15 is 0 Å². The zero-order valence-corrected chi connectivity index (χ0v) is 17.9. The maximum atomic E-state index is 12.8. The SMILES string of the molecule is CS(=O)(=O)c1ccc(Cl)c(C(=O)N2CCN(c3ncc(C(F)(F)F)cc3Cl)CC2)c1. The highest BCUT2D eigenvalue weighted by Gasteiger charge is 2.32. The summed E-state index contributed by atoms with van der Waals surface area (Å²) in [6, 6.07) is 4.73. The van der Waals surface area contributed by atoms with E-state index in [0.29, 0.717) is 0 Å². The number of piperazine rings is 1. The Hall–Kier alpha value is -2.04. The van der Waals surface area contributed by atoms with Crippen LogP contribution in [0.2, 0.25) is 10.0 Å². The number of alkyl halides is 3. The normalized spacial score (nSPS) is 15.4. The van der Waals surface area contributed by atoms with Crippen LogP contribution in [0.1, 0.15) is 15.9 Å². The van der Waals surface area contributed by atoms with Crippen molar-refractivity contribution in [1.82, 2.24) is 9.88 Å². The molecule has 0 N–H and O–H groups in total. The van der Waals surface area contributed by atoms with Crippen LogP contribution in [-0.2, 0) is 16.0 Å². The smallest absolute Gasteiger partial charge is 0.352 e. The molecule has 1 aliphatic heterocycles. The van der Waals surface area contributed by atoms with E-state index in [4.69, 9.17) is 23.2 Å². The van der Waals surface area contributed by atoms with Gasteiger partial charge in [0.2, 0.25) is 0 Å². The van der Waals surface area contributed by atoms with Gasteiger partial charge in [-0.1, -0.05) is 23.2 Å². The molecule has 2 aromatic rings. The number of hydrogen-bond donors (Lipinski definition) is 0. The number of halogens is 5. The molecule has 3 rings (SSSR count). The predicted molar refractivity (Wildman–Crippen MR) is 107 cm³/mol. The number of benzene rings is 1. The molecule has 30 heavy (non-hydrogen) atoms. The fourth-order valence-electron chi connectivity index (χ4n) is 3.01. The van der Waals surface area contributed by atoms with Gasteiger partial charge in [0.1, 0.15) is 5.82 Å². The second-order valence-corrected chi connectivity index (χ2v) is 9.55. The van der Waals surface area contributed by atoms with Crippen LogP contribution in [0, 0.1) is 0 Å². The highest BCUT2D eigenvalue weighted by molar-refractivity contribution is 7.90. The van der Waals surface area contributed by atoms with E-state index in [1.54, 1.807) is 4.90 Å². The zero-order chi connectivity index (χ0) is 22.3. The summed E-state index contributed by atoms with van der Waals surface area (Å²) in [5.74, 6) is -0.231. The summed E-state index contributed by atoms with van der Waals surface area (Å²) < 4.78 is 61.8. The second-order valence-electron chi connectivity index (χ2n) is 6.72. The summed E-state index contributed by atoms with van der Waals surface area (Å²) in [7, 11) is -3.51. The summed E-state index contributed by atoms with van der Waals surface area (Å²) in [6.07, 6.45) is -2.79. The minimum atomic E-state index is -4.54. The molecule has 12 heteroatoms. The number of hydrogen-bond acceptors (Lipinski definition) is 5. The number of nitrogens with zero attached hydrogens (tertiary/aromatic N) is 3. The first kappa shape index (κ1) is 22.6. The molecule has 1 fully saturated rings. The molecule has 0 bridgehead atoms. The first-order valence-electron chi connectivity index (χ1n) is 8.64. The monoisotopic (exact) mass is 481 g/mol. The number of carbonyl (C=O) groups excluding carboxylic acids is 1. The van der Waals surface area contributed by atoms with Crippen molar-refractivity contribution in [3.05, 3.63) is 51.6 Å². The lowest BCUT2D eigenvalue weighted by Crippen LogP contribution is -2.49. The molecule has 6 nitrogen and oxygen atoms in total. The van der Waals surface area contributed by atoms with Crippen molar-refractivity contribution in [2.45, 2.75) is 11.1 Å². The van der Waals surface area contributed by atoms with Crippen molar-refractivity contribution in [3.8, 4) is 0 Å². The summed E-state index contributed by atoms with van der Waals surface area (Å²) in [6.45, 7) is 1.04. The van der Waals surface area contributed by atoms with Gasteiger partial charge in [-0.25, -0.2) is 13.4 Å². The number of rotatable bonds is 3. The Labute approximate surface area is 181 Å².